The second kappa shape index (κ2) is 4.40. The number of rotatable bonds is 3. The molecule has 0 atom stereocenters. The molecule has 5 nitrogen and oxygen atoms in total. The van der Waals surface area contributed by atoms with Crippen LogP contribution in [0.15, 0.2) is 18.2 Å². The van der Waals surface area contributed by atoms with Crippen molar-refractivity contribution < 1.29 is 9.13 Å². The van der Waals surface area contributed by atoms with Crippen LogP contribution in [0.4, 0.5) is 15.2 Å². The van der Waals surface area contributed by atoms with Gasteiger partial charge in [-0.2, -0.15) is 0 Å². The van der Waals surface area contributed by atoms with Crippen molar-refractivity contribution in [3.05, 3.63) is 24.0 Å². The highest BCUT2D eigenvalue weighted by Gasteiger charge is 2.11. The molecule has 0 aliphatic heterocycles. The van der Waals surface area contributed by atoms with Gasteiger partial charge in [-0.1, -0.05) is 9.59 Å². The summed E-state index contributed by atoms with van der Waals surface area (Å²) in [5.41, 5.74) is 0.664. The Labute approximate surface area is 95.6 Å². The van der Waals surface area contributed by atoms with Gasteiger partial charge in [-0.05, 0) is 17.3 Å². The lowest BCUT2D eigenvalue weighted by atomic mass is 10.3. The van der Waals surface area contributed by atoms with E-state index in [4.69, 9.17) is 4.74 Å². The smallest absolute Gasteiger partial charge is 0.232 e. The van der Waals surface area contributed by atoms with Gasteiger partial charge in [0.1, 0.15) is 0 Å². The second-order valence-electron chi connectivity index (χ2n) is 3.02. The average Bonchev–Trinajstić information content (AvgIpc) is 2.81. The molecule has 2 aromatic rings. The Morgan fingerprint density at radius 1 is 1.44 bits per heavy atom. The van der Waals surface area contributed by atoms with Gasteiger partial charge in [-0.15, -0.1) is 0 Å². The largest absolute Gasteiger partial charge is 0.494 e. The van der Waals surface area contributed by atoms with Crippen LogP contribution in [0.1, 0.15) is 0 Å². The summed E-state index contributed by atoms with van der Waals surface area (Å²) in [6.45, 7) is 0. The van der Waals surface area contributed by atoms with Gasteiger partial charge >= 0.3 is 0 Å². The number of halogens is 1. The lowest BCUT2D eigenvalue weighted by Gasteiger charge is -2.15. The van der Waals surface area contributed by atoms with E-state index >= 15 is 0 Å². The Morgan fingerprint density at radius 2 is 2.25 bits per heavy atom. The highest BCUT2D eigenvalue weighted by atomic mass is 32.1. The summed E-state index contributed by atoms with van der Waals surface area (Å²) in [7, 11) is 3.19. The van der Waals surface area contributed by atoms with Crippen molar-refractivity contribution in [2.45, 2.75) is 0 Å². The summed E-state index contributed by atoms with van der Waals surface area (Å²) in [5.74, 6) is -0.197. The molecule has 1 aromatic carbocycles. The summed E-state index contributed by atoms with van der Waals surface area (Å²) in [6.07, 6.45) is 0. The highest BCUT2D eigenvalue weighted by Crippen LogP contribution is 2.27. The van der Waals surface area contributed by atoms with E-state index in [0.29, 0.717) is 10.8 Å². The number of benzene rings is 1. The minimum atomic E-state index is -0.413. The average molecular weight is 240 g/mol. The van der Waals surface area contributed by atoms with Gasteiger partial charge in [0.05, 0.1) is 7.11 Å². The van der Waals surface area contributed by atoms with E-state index in [1.54, 1.807) is 24.1 Å². The molecule has 16 heavy (non-hydrogen) atoms. The van der Waals surface area contributed by atoms with Gasteiger partial charge < -0.3 is 9.64 Å². The van der Waals surface area contributed by atoms with E-state index in [9.17, 15) is 4.39 Å². The van der Waals surface area contributed by atoms with Gasteiger partial charge in [0.25, 0.3) is 0 Å². The Morgan fingerprint density at radius 3 is 2.81 bits per heavy atom. The fourth-order valence-electron chi connectivity index (χ4n) is 1.23. The fourth-order valence-corrected chi connectivity index (χ4v) is 1.68. The molecular weight excluding hydrogens is 231 g/mol. The molecule has 0 bridgehead atoms. The zero-order valence-electron chi connectivity index (χ0n) is 8.72. The van der Waals surface area contributed by atoms with Crippen LogP contribution in [0.3, 0.4) is 0 Å². The Kier molecular flexibility index (Phi) is 2.95. The molecule has 2 rings (SSSR count). The van der Waals surface area contributed by atoms with Crippen molar-refractivity contribution in [1.82, 2.24) is 14.8 Å². The molecule has 1 heterocycles. The number of ether oxygens (including phenoxy) is 1. The first kappa shape index (κ1) is 10.7. The van der Waals surface area contributed by atoms with Crippen LogP contribution in [-0.4, -0.2) is 29.0 Å². The SMILES string of the molecule is COc1ccc(N(C)c2nnns2)cc1F. The molecule has 0 N–H and O–H groups in total. The first-order chi connectivity index (χ1) is 7.72. The van der Waals surface area contributed by atoms with Gasteiger partial charge in [0.15, 0.2) is 11.6 Å². The van der Waals surface area contributed by atoms with Gasteiger partial charge in [0, 0.05) is 30.3 Å². The standard InChI is InChI=1S/C9H9FN4OS/c1-14(9-11-12-13-16-9)6-3-4-8(15-2)7(10)5-6/h3-5H,1-2H3. The van der Waals surface area contributed by atoms with Crippen LogP contribution in [0.5, 0.6) is 5.75 Å². The van der Waals surface area contributed by atoms with E-state index < -0.39 is 5.82 Å². The van der Waals surface area contributed by atoms with Crippen molar-refractivity contribution in [2.75, 3.05) is 19.1 Å². The molecule has 7 heteroatoms. The van der Waals surface area contributed by atoms with Crippen molar-refractivity contribution in [3.8, 4) is 5.75 Å². The topological polar surface area (TPSA) is 51.1 Å². The van der Waals surface area contributed by atoms with E-state index in [1.807, 2.05) is 0 Å². The summed E-state index contributed by atoms with van der Waals surface area (Å²) < 4.78 is 21.9. The van der Waals surface area contributed by atoms with Crippen molar-refractivity contribution in [1.29, 1.82) is 0 Å². The third-order valence-electron chi connectivity index (χ3n) is 2.10. The Hall–Kier alpha value is -1.76. The van der Waals surface area contributed by atoms with E-state index in [2.05, 4.69) is 14.8 Å². The van der Waals surface area contributed by atoms with E-state index in [0.717, 1.165) is 11.5 Å². The second-order valence-corrected chi connectivity index (χ2v) is 3.73. The van der Waals surface area contributed by atoms with Crippen LogP contribution in [-0.2, 0) is 0 Å². The zero-order valence-corrected chi connectivity index (χ0v) is 9.53. The van der Waals surface area contributed by atoms with Crippen LogP contribution in [0.2, 0.25) is 0 Å². The summed E-state index contributed by atoms with van der Waals surface area (Å²) >= 11 is 1.14. The molecule has 1 aromatic heterocycles. The predicted molar refractivity (Wildman–Crippen MR) is 58.7 cm³/mol. The number of hydrogen-bond acceptors (Lipinski definition) is 6. The maximum absolute atomic E-state index is 13.5. The third-order valence-corrected chi connectivity index (χ3v) is 2.77. The molecule has 84 valence electrons. The predicted octanol–water partition coefficient (Wildman–Crippen LogP) is 1.85. The lowest BCUT2D eigenvalue weighted by Crippen LogP contribution is -2.09. The van der Waals surface area contributed by atoms with Crippen LogP contribution in [0.25, 0.3) is 0 Å². The van der Waals surface area contributed by atoms with Crippen molar-refractivity contribution in [3.63, 3.8) is 0 Å². The highest BCUT2D eigenvalue weighted by molar-refractivity contribution is 7.09. The molecule has 0 fully saturated rings. The summed E-state index contributed by atoms with van der Waals surface area (Å²) in [6, 6.07) is 4.68. The maximum atomic E-state index is 13.5. The van der Waals surface area contributed by atoms with Gasteiger partial charge in [-0.25, -0.2) is 4.39 Å². The minimum absolute atomic E-state index is 0.215. The van der Waals surface area contributed by atoms with E-state index in [-0.39, 0.29) is 5.75 Å². The minimum Gasteiger partial charge on any atom is -0.494 e. The molecule has 0 radical (unpaired) electrons. The molecular formula is C9H9FN4OS. The molecule has 0 aliphatic rings. The molecule has 0 aliphatic carbocycles. The summed E-state index contributed by atoms with van der Waals surface area (Å²) in [5, 5.41) is 7.88. The summed E-state index contributed by atoms with van der Waals surface area (Å²) in [4.78, 5) is 1.70. The number of methoxy groups -OCH3 is 1. The first-order valence-corrected chi connectivity index (χ1v) is 5.22. The zero-order chi connectivity index (χ0) is 11.5. The number of nitrogens with zero attached hydrogens (tertiary/aromatic N) is 4. The van der Waals surface area contributed by atoms with Gasteiger partial charge in [0.2, 0.25) is 5.13 Å². The van der Waals surface area contributed by atoms with Crippen molar-refractivity contribution in [2.24, 2.45) is 0 Å². The van der Waals surface area contributed by atoms with E-state index in [1.165, 1.54) is 13.2 Å². The van der Waals surface area contributed by atoms with Crippen LogP contribution in [0, 0.1) is 5.82 Å². The molecule has 0 saturated carbocycles. The Balaban J connectivity index is 2.31. The van der Waals surface area contributed by atoms with Gasteiger partial charge in [-0.3, -0.25) is 0 Å². The monoisotopic (exact) mass is 240 g/mol. The van der Waals surface area contributed by atoms with Crippen LogP contribution < -0.4 is 9.64 Å². The Bertz CT molecular complexity index is 476. The molecule has 0 unspecified atom stereocenters. The number of aromatic nitrogens is 3. The molecule has 0 saturated heterocycles. The number of hydrogen-bond donors (Lipinski definition) is 0. The maximum Gasteiger partial charge on any atom is 0.232 e. The van der Waals surface area contributed by atoms with Crippen LogP contribution >= 0.6 is 11.5 Å². The number of anilines is 2. The molecule has 0 amide bonds. The quantitative estimate of drug-likeness (QED) is 0.819. The fraction of sp³-hybridized carbons (Fsp3) is 0.222. The molecule has 0 spiro atoms. The first-order valence-electron chi connectivity index (χ1n) is 4.44. The van der Waals surface area contributed by atoms with Crippen molar-refractivity contribution >= 4 is 22.4 Å². The third kappa shape index (κ3) is 1.94. The lowest BCUT2D eigenvalue weighted by molar-refractivity contribution is 0.386. The normalized spacial score (nSPS) is 10.2.